The number of aromatic nitrogens is 1. The molecule has 0 spiro atoms. The average molecular weight is 624 g/mol. The largest absolute Gasteiger partial charge is 0.466 e. The second kappa shape index (κ2) is 12.8. The first-order valence-corrected chi connectivity index (χ1v) is 15.6. The van der Waals surface area contributed by atoms with Crippen molar-refractivity contribution in [2.24, 2.45) is 4.99 Å². The molecule has 2 bridgehead atoms. The van der Waals surface area contributed by atoms with E-state index in [1.54, 1.807) is 13.1 Å². The van der Waals surface area contributed by atoms with Crippen LogP contribution in [0.5, 0.6) is 0 Å². The molecular formula is C27H31ClFN5O5S2. The molecule has 2 N–H and O–H groups in total. The lowest BCUT2D eigenvalue weighted by molar-refractivity contribution is -0.145. The molecule has 2 fully saturated rings. The van der Waals surface area contributed by atoms with E-state index in [1.165, 1.54) is 48.6 Å². The topological polar surface area (TPSA) is 114 Å². The molecule has 0 radical (unpaired) electrons. The number of morpholine rings is 1. The zero-order valence-corrected chi connectivity index (χ0v) is 25.2. The van der Waals surface area contributed by atoms with E-state index in [2.05, 4.69) is 19.9 Å². The molecule has 3 aliphatic heterocycles. The van der Waals surface area contributed by atoms with Crippen molar-refractivity contribution in [3.8, 4) is 0 Å². The summed E-state index contributed by atoms with van der Waals surface area (Å²) in [7, 11) is 1.31. The van der Waals surface area contributed by atoms with Crippen molar-refractivity contribution in [3.63, 3.8) is 0 Å². The van der Waals surface area contributed by atoms with Gasteiger partial charge < -0.3 is 19.5 Å². The van der Waals surface area contributed by atoms with Gasteiger partial charge in [-0.3, -0.25) is 19.4 Å². The summed E-state index contributed by atoms with van der Waals surface area (Å²) in [5.74, 6) is -0.894. The molecule has 3 unspecified atom stereocenters. The molecule has 220 valence electrons. The molecule has 3 aliphatic rings. The maximum atomic E-state index is 14.0. The Morgan fingerprint density at radius 1 is 1.39 bits per heavy atom. The van der Waals surface area contributed by atoms with Crippen LogP contribution in [0, 0.1) is 5.82 Å². The highest BCUT2D eigenvalue weighted by Crippen LogP contribution is 2.43. The Morgan fingerprint density at radius 2 is 2.22 bits per heavy atom. The molecule has 1 aromatic heterocycles. The van der Waals surface area contributed by atoms with Gasteiger partial charge in [0.05, 0.1) is 50.5 Å². The smallest absolute Gasteiger partial charge is 0.338 e. The maximum Gasteiger partial charge on any atom is 0.338 e. The molecule has 2 aromatic rings. The van der Waals surface area contributed by atoms with E-state index in [1.807, 2.05) is 11.6 Å². The fraction of sp³-hybridized carbons (Fsp3) is 0.481. The van der Waals surface area contributed by atoms with Crippen LogP contribution in [0.2, 0.25) is 5.02 Å². The van der Waals surface area contributed by atoms with Gasteiger partial charge in [0.1, 0.15) is 11.9 Å². The quantitative estimate of drug-likeness (QED) is 0.301. The van der Waals surface area contributed by atoms with Crippen molar-refractivity contribution in [2.45, 2.75) is 43.4 Å². The van der Waals surface area contributed by atoms with Crippen LogP contribution in [0.1, 0.15) is 36.4 Å². The van der Waals surface area contributed by atoms with E-state index in [0.29, 0.717) is 54.9 Å². The third kappa shape index (κ3) is 6.02. The maximum absolute atomic E-state index is 14.0. The van der Waals surface area contributed by atoms with Gasteiger partial charge in [-0.15, -0.1) is 11.3 Å². The van der Waals surface area contributed by atoms with Crippen molar-refractivity contribution in [3.05, 3.63) is 62.5 Å². The van der Waals surface area contributed by atoms with Gasteiger partial charge in [0.2, 0.25) is 0 Å². The number of aliphatic imine (C=N–C) groups is 1. The van der Waals surface area contributed by atoms with Gasteiger partial charge >= 0.3 is 11.9 Å². The number of benzene rings is 1. The highest BCUT2D eigenvalue weighted by atomic mass is 35.5. The summed E-state index contributed by atoms with van der Waals surface area (Å²) < 4.78 is 34.0. The number of fused-ring (bicyclic) bond motifs is 2. The van der Waals surface area contributed by atoms with Crippen molar-refractivity contribution in [1.82, 2.24) is 19.9 Å². The van der Waals surface area contributed by atoms with Crippen LogP contribution in [-0.2, 0) is 23.8 Å². The molecule has 0 saturated carbocycles. The predicted octanol–water partition coefficient (Wildman–Crippen LogP) is 3.49. The number of nitrogens with one attached hydrogen (secondary N) is 2. The Balaban J connectivity index is 1.57. The molecule has 14 heteroatoms. The molecule has 2 saturated heterocycles. The number of thiazole rings is 1. The monoisotopic (exact) mass is 623 g/mol. The van der Waals surface area contributed by atoms with E-state index in [-0.39, 0.29) is 35.1 Å². The minimum Gasteiger partial charge on any atom is -0.466 e. The van der Waals surface area contributed by atoms with Gasteiger partial charge in [-0.05, 0) is 31.7 Å². The second-order valence-electron chi connectivity index (χ2n) is 9.92. The predicted molar refractivity (Wildman–Crippen MR) is 155 cm³/mol. The third-order valence-electron chi connectivity index (χ3n) is 7.53. The molecule has 10 nitrogen and oxygen atoms in total. The Hall–Kier alpha value is -2.55. The van der Waals surface area contributed by atoms with E-state index < -0.39 is 23.4 Å². The summed E-state index contributed by atoms with van der Waals surface area (Å²) in [5, 5.41) is 5.95. The van der Waals surface area contributed by atoms with Gasteiger partial charge in [-0.2, -0.15) is 0 Å². The molecule has 4 atom stereocenters. The minimum absolute atomic E-state index is 0.0361. The number of rotatable bonds is 10. The number of hydrogen-bond acceptors (Lipinski definition) is 12. The van der Waals surface area contributed by atoms with Gasteiger partial charge in [0, 0.05) is 40.4 Å². The van der Waals surface area contributed by atoms with Crippen LogP contribution in [0.3, 0.4) is 0 Å². The van der Waals surface area contributed by atoms with Crippen molar-refractivity contribution in [1.29, 1.82) is 0 Å². The third-order valence-corrected chi connectivity index (χ3v) is 9.25. The van der Waals surface area contributed by atoms with Gasteiger partial charge in [0.25, 0.3) is 0 Å². The summed E-state index contributed by atoms with van der Waals surface area (Å²) in [6, 6.07) is 2.93. The number of carbonyl (C=O) groups is 2. The Kier molecular flexibility index (Phi) is 9.31. The molecular weight excluding hydrogens is 593 g/mol. The first kappa shape index (κ1) is 29.9. The van der Waals surface area contributed by atoms with Crippen molar-refractivity contribution in [2.75, 3.05) is 39.7 Å². The fourth-order valence-electron chi connectivity index (χ4n) is 5.87. The van der Waals surface area contributed by atoms with Gasteiger partial charge in [-0.1, -0.05) is 29.6 Å². The highest BCUT2D eigenvalue weighted by molar-refractivity contribution is 7.96. The Bertz CT molecular complexity index is 1360. The molecule has 5 rings (SSSR count). The first-order chi connectivity index (χ1) is 19.8. The zero-order chi connectivity index (χ0) is 29.1. The molecule has 0 aliphatic carbocycles. The minimum atomic E-state index is -0.863. The normalized spacial score (nSPS) is 26.0. The summed E-state index contributed by atoms with van der Waals surface area (Å²) >= 11 is 9.34. The number of nitrogens with zero attached hydrogens (tertiary/aromatic N) is 3. The first-order valence-electron chi connectivity index (χ1n) is 13.1. The SMILES string of the molecule is CCOC(=O)CC1(NSC)CC2COCC1N2CC1=C(C(=O)OC)[C@H](c2ccc(F)cc2Cl)N=C(c2nccs2)N1. The van der Waals surface area contributed by atoms with Gasteiger partial charge in [-0.25, -0.2) is 14.2 Å². The van der Waals surface area contributed by atoms with Crippen molar-refractivity contribution < 1.29 is 28.2 Å². The van der Waals surface area contributed by atoms with Crippen LogP contribution in [0.25, 0.3) is 0 Å². The number of hydrogen-bond donors (Lipinski definition) is 2. The summed E-state index contributed by atoms with van der Waals surface area (Å²) in [5.41, 5.74) is 0.697. The number of esters is 2. The number of methoxy groups -OCH3 is 1. The van der Waals surface area contributed by atoms with Crippen LogP contribution in [-0.4, -0.2) is 85.0 Å². The standard InChI is InChI=1S/C27H31ClFN5O5S2/c1-4-39-21(35)11-27(33-40-3)10-16-13-38-14-20(27)34(16)12-19-22(26(36)37-2)23(17-6-5-15(29)9-18(17)28)32-24(31-19)25-30-7-8-41-25/h5-9,16,20,23,33H,4,10-14H2,1-3H3,(H,31,32)/t16?,20?,23-,27?/m0/s1. The molecule has 0 amide bonds. The van der Waals surface area contributed by atoms with Crippen LogP contribution < -0.4 is 10.0 Å². The van der Waals surface area contributed by atoms with E-state index in [4.69, 9.17) is 30.8 Å². The number of ether oxygens (including phenoxy) is 3. The summed E-state index contributed by atoms with van der Waals surface area (Å²) in [6.07, 6.45) is 4.43. The Labute approximate surface area is 250 Å². The van der Waals surface area contributed by atoms with Crippen LogP contribution in [0.15, 0.2) is 46.0 Å². The lowest BCUT2D eigenvalue weighted by atomic mass is 9.87. The lowest BCUT2D eigenvalue weighted by Crippen LogP contribution is -2.58. The summed E-state index contributed by atoms with van der Waals surface area (Å²) in [4.78, 5) is 37.5. The highest BCUT2D eigenvalue weighted by Gasteiger charge is 2.56. The second-order valence-corrected chi connectivity index (χ2v) is 11.8. The average Bonchev–Trinajstić information content (AvgIpc) is 3.52. The van der Waals surface area contributed by atoms with E-state index in [9.17, 15) is 14.0 Å². The molecule has 4 heterocycles. The number of amidine groups is 1. The van der Waals surface area contributed by atoms with Gasteiger partial charge in [0.15, 0.2) is 10.8 Å². The molecule has 41 heavy (non-hydrogen) atoms. The Morgan fingerprint density at radius 3 is 2.90 bits per heavy atom. The van der Waals surface area contributed by atoms with Crippen molar-refractivity contribution >= 4 is 52.7 Å². The number of halogens is 2. The zero-order valence-electron chi connectivity index (χ0n) is 22.8. The summed E-state index contributed by atoms with van der Waals surface area (Å²) in [6.45, 7) is 3.26. The van der Waals surface area contributed by atoms with Crippen LogP contribution in [0.4, 0.5) is 4.39 Å². The number of carbonyl (C=O) groups excluding carboxylic acids is 2. The molecule has 1 aromatic carbocycles. The van der Waals surface area contributed by atoms with Crippen LogP contribution >= 0.6 is 34.9 Å². The fourth-order valence-corrected chi connectivity index (χ4v) is 7.43. The van der Waals surface area contributed by atoms with E-state index in [0.717, 1.165) is 0 Å². The van der Waals surface area contributed by atoms with E-state index >= 15 is 0 Å². The lowest BCUT2D eigenvalue weighted by Gasteiger charge is -2.41.